The van der Waals surface area contributed by atoms with Crippen molar-refractivity contribution in [1.82, 2.24) is 9.97 Å². The number of fused-ring (bicyclic) bond motifs is 1. The molecule has 3 N–H and O–H groups in total. The number of hydrazine groups is 1. The van der Waals surface area contributed by atoms with Gasteiger partial charge in [0.1, 0.15) is 10.7 Å². The van der Waals surface area contributed by atoms with Gasteiger partial charge in [0.15, 0.2) is 5.82 Å². The lowest BCUT2D eigenvalue weighted by Gasteiger charge is -2.05. The summed E-state index contributed by atoms with van der Waals surface area (Å²) in [7, 11) is 0. The maximum atomic E-state index is 5.56. The smallest absolute Gasteiger partial charge is 0.153 e. The van der Waals surface area contributed by atoms with E-state index in [1.807, 2.05) is 25.1 Å². The Morgan fingerprint density at radius 2 is 1.94 bits per heavy atom. The Bertz CT molecular complexity index is 691. The molecule has 0 aliphatic rings. The fourth-order valence-electron chi connectivity index (χ4n) is 1.98. The van der Waals surface area contributed by atoms with E-state index in [1.54, 1.807) is 11.3 Å². The molecule has 1 aromatic carbocycles. The Hall–Kier alpha value is -1.98. The van der Waals surface area contributed by atoms with Crippen molar-refractivity contribution in [2.75, 3.05) is 5.43 Å². The van der Waals surface area contributed by atoms with Crippen LogP contribution in [0.2, 0.25) is 0 Å². The molecular weight excluding hydrogens is 244 g/mol. The quantitative estimate of drug-likeness (QED) is 0.546. The molecule has 18 heavy (non-hydrogen) atoms. The lowest BCUT2D eigenvalue weighted by atomic mass is 10.1. The molecular formula is C13H12N4S. The van der Waals surface area contributed by atoms with Crippen LogP contribution in [0.1, 0.15) is 5.82 Å². The van der Waals surface area contributed by atoms with Crippen LogP contribution in [0.5, 0.6) is 0 Å². The monoisotopic (exact) mass is 256 g/mol. The molecule has 0 fully saturated rings. The van der Waals surface area contributed by atoms with Gasteiger partial charge in [-0.15, -0.1) is 11.3 Å². The molecule has 0 radical (unpaired) electrons. The van der Waals surface area contributed by atoms with E-state index in [-0.39, 0.29) is 0 Å². The highest BCUT2D eigenvalue weighted by molar-refractivity contribution is 7.17. The molecule has 0 bridgehead atoms. The average Bonchev–Trinajstić information content (AvgIpc) is 2.82. The summed E-state index contributed by atoms with van der Waals surface area (Å²) in [5.74, 6) is 6.95. The molecule has 0 unspecified atom stereocenters. The summed E-state index contributed by atoms with van der Waals surface area (Å²) in [5.41, 5.74) is 4.92. The van der Waals surface area contributed by atoms with Crippen molar-refractivity contribution in [3.05, 3.63) is 41.5 Å². The maximum Gasteiger partial charge on any atom is 0.153 e. The zero-order chi connectivity index (χ0) is 12.5. The van der Waals surface area contributed by atoms with Crippen LogP contribution in [0.4, 0.5) is 5.82 Å². The first-order valence-corrected chi connectivity index (χ1v) is 6.45. The predicted octanol–water partition coefficient (Wildman–Crippen LogP) is 2.95. The summed E-state index contributed by atoms with van der Waals surface area (Å²) < 4.78 is 0. The standard InChI is InChI=1S/C13H12N4S/c1-8-15-12(17-14)11-10(7-18-13(11)16-8)9-5-3-2-4-6-9/h2-7H,14H2,1H3,(H,15,16,17). The second kappa shape index (κ2) is 4.36. The third-order valence-electron chi connectivity index (χ3n) is 2.77. The van der Waals surface area contributed by atoms with Crippen molar-refractivity contribution in [3.63, 3.8) is 0 Å². The fourth-order valence-corrected chi connectivity index (χ4v) is 2.98. The van der Waals surface area contributed by atoms with Crippen molar-refractivity contribution in [2.45, 2.75) is 6.92 Å². The van der Waals surface area contributed by atoms with Gasteiger partial charge in [-0.2, -0.15) is 0 Å². The highest BCUT2D eigenvalue weighted by Crippen LogP contribution is 2.36. The van der Waals surface area contributed by atoms with Gasteiger partial charge < -0.3 is 5.43 Å². The van der Waals surface area contributed by atoms with Crippen LogP contribution in [0.3, 0.4) is 0 Å². The van der Waals surface area contributed by atoms with E-state index in [0.717, 1.165) is 27.2 Å². The van der Waals surface area contributed by atoms with E-state index < -0.39 is 0 Å². The number of nitrogens with one attached hydrogen (secondary N) is 1. The number of aromatic nitrogens is 2. The molecule has 3 aromatic rings. The van der Waals surface area contributed by atoms with Gasteiger partial charge in [-0.3, -0.25) is 0 Å². The van der Waals surface area contributed by atoms with Crippen molar-refractivity contribution >= 4 is 27.4 Å². The number of nitrogens with zero attached hydrogens (tertiary/aromatic N) is 2. The second-order valence-electron chi connectivity index (χ2n) is 3.96. The van der Waals surface area contributed by atoms with Gasteiger partial charge in [-0.1, -0.05) is 30.3 Å². The molecule has 90 valence electrons. The lowest BCUT2D eigenvalue weighted by Crippen LogP contribution is -2.10. The van der Waals surface area contributed by atoms with Gasteiger partial charge in [0.05, 0.1) is 5.39 Å². The zero-order valence-electron chi connectivity index (χ0n) is 9.84. The van der Waals surface area contributed by atoms with Crippen LogP contribution < -0.4 is 11.3 Å². The van der Waals surface area contributed by atoms with Crippen molar-refractivity contribution in [3.8, 4) is 11.1 Å². The lowest BCUT2D eigenvalue weighted by molar-refractivity contribution is 1.09. The minimum absolute atomic E-state index is 0.678. The number of benzene rings is 1. The minimum atomic E-state index is 0.678. The largest absolute Gasteiger partial charge is 0.308 e. The average molecular weight is 256 g/mol. The van der Waals surface area contributed by atoms with Gasteiger partial charge in [-0.25, -0.2) is 15.8 Å². The summed E-state index contributed by atoms with van der Waals surface area (Å²) >= 11 is 1.61. The number of anilines is 1. The Kier molecular flexibility index (Phi) is 2.70. The van der Waals surface area contributed by atoms with E-state index in [9.17, 15) is 0 Å². The fraction of sp³-hybridized carbons (Fsp3) is 0.0769. The van der Waals surface area contributed by atoms with Crippen LogP contribution in [0, 0.1) is 6.92 Å². The number of hydrogen-bond donors (Lipinski definition) is 2. The van der Waals surface area contributed by atoms with Crippen LogP contribution in [0.25, 0.3) is 21.3 Å². The summed E-state index contributed by atoms with van der Waals surface area (Å²) in [4.78, 5) is 9.73. The first-order valence-electron chi connectivity index (χ1n) is 5.57. The van der Waals surface area contributed by atoms with Gasteiger partial charge in [0.2, 0.25) is 0 Å². The third-order valence-corrected chi connectivity index (χ3v) is 3.64. The van der Waals surface area contributed by atoms with E-state index in [4.69, 9.17) is 5.84 Å². The second-order valence-corrected chi connectivity index (χ2v) is 4.82. The van der Waals surface area contributed by atoms with Crippen molar-refractivity contribution in [1.29, 1.82) is 0 Å². The van der Waals surface area contributed by atoms with Gasteiger partial charge in [0, 0.05) is 10.9 Å². The Balaban J connectivity index is 2.32. The number of nitrogens with two attached hydrogens (primary N) is 1. The summed E-state index contributed by atoms with van der Waals surface area (Å²) in [6.07, 6.45) is 0. The predicted molar refractivity (Wildman–Crippen MR) is 75.4 cm³/mol. The molecule has 0 saturated carbocycles. The molecule has 2 aromatic heterocycles. The summed E-state index contributed by atoms with van der Waals surface area (Å²) in [5, 5.41) is 3.08. The summed E-state index contributed by atoms with van der Waals surface area (Å²) in [6.45, 7) is 1.86. The Labute approximate surface area is 108 Å². The van der Waals surface area contributed by atoms with Gasteiger partial charge in [0.25, 0.3) is 0 Å². The van der Waals surface area contributed by atoms with E-state index in [1.165, 1.54) is 0 Å². The Morgan fingerprint density at radius 1 is 1.17 bits per heavy atom. The van der Waals surface area contributed by atoms with E-state index >= 15 is 0 Å². The highest BCUT2D eigenvalue weighted by atomic mass is 32.1. The van der Waals surface area contributed by atoms with Crippen LogP contribution >= 0.6 is 11.3 Å². The maximum absolute atomic E-state index is 5.56. The number of thiophene rings is 1. The van der Waals surface area contributed by atoms with Crippen molar-refractivity contribution < 1.29 is 0 Å². The molecule has 0 saturated heterocycles. The molecule has 0 aliphatic carbocycles. The topological polar surface area (TPSA) is 63.8 Å². The normalized spacial score (nSPS) is 10.8. The van der Waals surface area contributed by atoms with Crippen LogP contribution in [-0.2, 0) is 0 Å². The number of rotatable bonds is 2. The molecule has 0 aliphatic heterocycles. The van der Waals surface area contributed by atoms with Crippen LogP contribution in [0.15, 0.2) is 35.7 Å². The molecule has 0 atom stereocenters. The molecule has 2 heterocycles. The molecule has 5 heteroatoms. The van der Waals surface area contributed by atoms with Gasteiger partial charge >= 0.3 is 0 Å². The summed E-state index contributed by atoms with van der Waals surface area (Å²) in [6, 6.07) is 10.2. The molecule has 3 rings (SSSR count). The van der Waals surface area contributed by atoms with E-state index in [0.29, 0.717) is 5.82 Å². The highest BCUT2D eigenvalue weighted by Gasteiger charge is 2.13. The van der Waals surface area contributed by atoms with Crippen molar-refractivity contribution in [2.24, 2.45) is 5.84 Å². The molecule has 0 spiro atoms. The van der Waals surface area contributed by atoms with Crippen LogP contribution in [-0.4, -0.2) is 9.97 Å². The minimum Gasteiger partial charge on any atom is -0.308 e. The van der Waals surface area contributed by atoms with E-state index in [2.05, 4.69) is 32.9 Å². The first-order chi connectivity index (χ1) is 8.79. The first kappa shape index (κ1) is 11.1. The Morgan fingerprint density at radius 3 is 2.67 bits per heavy atom. The number of hydrogen-bond acceptors (Lipinski definition) is 5. The molecule has 0 amide bonds. The molecule has 4 nitrogen and oxygen atoms in total. The SMILES string of the molecule is Cc1nc(NN)c2c(-c3ccccc3)csc2n1. The number of nitrogen functional groups attached to an aromatic ring is 1. The third kappa shape index (κ3) is 1.73. The zero-order valence-corrected chi connectivity index (χ0v) is 10.7. The van der Waals surface area contributed by atoms with Gasteiger partial charge in [-0.05, 0) is 12.5 Å². The number of aryl methyl sites for hydroxylation is 1.